The Hall–Kier alpha value is -0.900. The summed E-state index contributed by atoms with van der Waals surface area (Å²) in [7, 11) is 0. The van der Waals surface area contributed by atoms with Gasteiger partial charge in [-0.15, -0.1) is 0 Å². The predicted octanol–water partition coefficient (Wildman–Crippen LogP) is 2.61. The number of aryl methyl sites for hydroxylation is 1. The molecule has 4 heteroatoms. The zero-order valence-electron chi connectivity index (χ0n) is 6.76. The summed E-state index contributed by atoms with van der Waals surface area (Å²) >= 11 is 3.19. The zero-order valence-corrected chi connectivity index (χ0v) is 8.34. The van der Waals surface area contributed by atoms with Crippen molar-refractivity contribution in [1.29, 1.82) is 0 Å². The van der Waals surface area contributed by atoms with Crippen LogP contribution in [0.2, 0.25) is 0 Å². The molecule has 0 atom stereocenters. The van der Waals surface area contributed by atoms with Crippen molar-refractivity contribution in [3.05, 3.63) is 34.1 Å². The minimum absolute atomic E-state index is 0.0482. The van der Waals surface area contributed by atoms with Gasteiger partial charge in [0, 0.05) is 10.9 Å². The van der Waals surface area contributed by atoms with Gasteiger partial charge in [-0.25, -0.2) is 4.39 Å². The molecular weight excluding hydrogens is 239 g/mol. The molecule has 13 heavy (non-hydrogen) atoms. The molecule has 0 aromatic heterocycles. The van der Waals surface area contributed by atoms with E-state index in [1.54, 1.807) is 12.1 Å². The number of carboxylic acids is 1. The predicted molar refractivity (Wildman–Crippen MR) is 50.1 cm³/mol. The molecule has 70 valence electrons. The van der Waals surface area contributed by atoms with Crippen molar-refractivity contribution in [2.75, 3.05) is 0 Å². The molecule has 0 amide bonds. The molecule has 0 aliphatic carbocycles. The number of carbonyl (C=O) groups is 1. The highest BCUT2D eigenvalue weighted by Crippen LogP contribution is 2.16. The third kappa shape index (κ3) is 3.14. The Kier molecular flexibility index (Phi) is 3.42. The quantitative estimate of drug-likeness (QED) is 0.891. The van der Waals surface area contributed by atoms with E-state index in [1.807, 2.05) is 0 Å². The summed E-state index contributed by atoms with van der Waals surface area (Å²) in [6, 6.07) is 4.50. The van der Waals surface area contributed by atoms with Crippen molar-refractivity contribution in [2.24, 2.45) is 0 Å². The van der Waals surface area contributed by atoms with Crippen LogP contribution in [0.5, 0.6) is 0 Å². The number of hydrogen-bond donors (Lipinski definition) is 1. The van der Waals surface area contributed by atoms with Crippen LogP contribution in [0.3, 0.4) is 0 Å². The maximum atomic E-state index is 13.0. The molecule has 0 radical (unpaired) electrons. The Labute approximate surface area is 83.5 Å². The van der Waals surface area contributed by atoms with Crippen LogP contribution in [-0.2, 0) is 11.2 Å². The van der Waals surface area contributed by atoms with Crippen LogP contribution in [0.25, 0.3) is 0 Å². The molecule has 2 nitrogen and oxygen atoms in total. The van der Waals surface area contributed by atoms with Crippen molar-refractivity contribution in [2.45, 2.75) is 12.8 Å². The van der Waals surface area contributed by atoms with Crippen LogP contribution in [0.4, 0.5) is 4.39 Å². The molecule has 0 aliphatic rings. The first-order chi connectivity index (χ1) is 6.09. The van der Waals surface area contributed by atoms with Gasteiger partial charge in [0.1, 0.15) is 5.82 Å². The molecule has 1 aromatic carbocycles. The van der Waals surface area contributed by atoms with Gasteiger partial charge in [0.05, 0.1) is 0 Å². The van der Waals surface area contributed by atoms with Crippen LogP contribution in [0, 0.1) is 5.82 Å². The van der Waals surface area contributed by atoms with E-state index in [0.717, 1.165) is 4.47 Å². The molecular formula is C9H8BrFO2. The zero-order chi connectivity index (χ0) is 9.84. The van der Waals surface area contributed by atoms with Gasteiger partial charge in [-0.2, -0.15) is 0 Å². The molecule has 0 saturated carbocycles. The monoisotopic (exact) mass is 246 g/mol. The maximum Gasteiger partial charge on any atom is 0.303 e. The van der Waals surface area contributed by atoms with Crippen molar-refractivity contribution in [3.8, 4) is 0 Å². The van der Waals surface area contributed by atoms with E-state index in [4.69, 9.17) is 5.11 Å². The Morgan fingerprint density at radius 1 is 1.54 bits per heavy atom. The second-order valence-corrected chi connectivity index (χ2v) is 3.55. The van der Waals surface area contributed by atoms with Crippen LogP contribution in [0.1, 0.15) is 12.0 Å². The second-order valence-electron chi connectivity index (χ2n) is 2.63. The largest absolute Gasteiger partial charge is 0.481 e. The van der Waals surface area contributed by atoms with Crippen LogP contribution in [0.15, 0.2) is 22.7 Å². The summed E-state index contributed by atoms with van der Waals surface area (Å²) in [5.41, 5.74) is 0.428. The Morgan fingerprint density at radius 2 is 2.23 bits per heavy atom. The first-order valence-corrected chi connectivity index (χ1v) is 4.54. The van der Waals surface area contributed by atoms with Crippen molar-refractivity contribution in [1.82, 2.24) is 0 Å². The SMILES string of the molecule is O=C(O)CCc1cc(Br)ccc1F. The molecule has 1 rings (SSSR count). The van der Waals surface area contributed by atoms with E-state index >= 15 is 0 Å². The number of rotatable bonds is 3. The highest BCUT2D eigenvalue weighted by molar-refractivity contribution is 9.10. The first-order valence-electron chi connectivity index (χ1n) is 3.75. The molecule has 0 fully saturated rings. The summed E-state index contributed by atoms with van der Waals surface area (Å²) in [6.07, 6.45) is 0.175. The summed E-state index contributed by atoms with van der Waals surface area (Å²) in [5, 5.41) is 8.40. The molecule has 1 aromatic rings. The smallest absolute Gasteiger partial charge is 0.303 e. The maximum absolute atomic E-state index is 13.0. The number of aliphatic carboxylic acids is 1. The second kappa shape index (κ2) is 4.37. The molecule has 1 N–H and O–H groups in total. The van der Waals surface area contributed by atoms with Crippen LogP contribution in [-0.4, -0.2) is 11.1 Å². The molecule has 0 saturated heterocycles. The molecule has 0 aliphatic heterocycles. The third-order valence-electron chi connectivity index (χ3n) is 1.62. The van der Waals surface area contributed by atoms with Gasteiger partial charge in [0.15, 0.2) is 0 Å². The average molecular weight is 247 g/mol. The minimum Gasteiger partial charge on any atom is -0.481 e. The summed E-state index contributed by atoms with van der Waals surface area (Å²) in [6.45, 7) is 0. The van der Waals surface area contributed by atoms with Gasteiger partial charge in [-0.05, 0) is 30.2 Å². The lowest BCUT2D eigenvalue weighted by atomic mass is 10.1. The summed E-state index contributed by atoms with van der Waals surface area (Å²) in [5.74, 6) is -1.27. The normalized spacial score (nSPS) is 10.0. The Bertz CT molecular complexity index is 325. The summed E-state index contributed by atoms with van der Waals surface area (Å²) in [4.78, 5) is 10.2. The number of hydrogen-bond acceptors (Lipinski definition) is 1. The van der Waals surface area contributed by atoms with Crippen molar-refractivity contribution in [3.63, 3.8) is 0 Å². The fourth-order valence-electron chi connectivity index (χ4n) is 0.976. The van der Waals surface area contributed by atoms with E-state index < -0.39 is 5.97 Å². The van der Waals surface area contributed by atoms with Gasteiger partial charge in [-0.3, -0.25) is 4.79 Å². The van der Waals surface area contributed by atoms with Gasteiger partial charge < -0.3 is 5.11 Å². The van der Waals surface area contributed by atoms with E-state index in [0.29, 0.717) is 5.56 Å². The lowest BCUT2D eigenvalue weighted by molar-refractivity contribution is -0.136. The average Bonchev–Trinajstić information content (AvgIpc) is 2.06. The Morgan fingerprint density at radius 3 is 2.85 bits per heavy atom. The van der Waals surface area contributed by atoms with Crippen LogP contribution >= 0.6 is 15.9 Å². The fourth-order valence-corrected chi connectivity index (χ4v) is 1.38. The van der Waals surface area contributed by atoms with Gasteiger partial charge in [0.2, 0.25) is 0 Å². The molecule has 0 spiro atoms. The van der Waals surface area contributed by atoms with Crippen molar-refractivity contribution < 1.29 is 14.3 Å². The van der Waals surface area contributed by atoms with Gasteiger partial charge >= 0.3 is 5.97 Å². The Balaban J connectivity index is 2.75. The highest BCUT2D eigenvalue weighted by Gasteiger charge is 2.04. The van der Waals surface area contributed by atoms with E-state index in [-0.39, 0.29) is 18.7 Å². The van der Waals surface area contributed by atoms with Gasteiger partial charge in [0.25, 0.3) is 0 Å². The molecule has 0 heterocycles. The topological polar surface area (TPSA) is 37.3 Å². The highest BCUT2D eigenvalue weighted by atomic mass is 79.9. The van der Waals surface area contributed by atoms with E-state index in [9.17, 15) is 9.18 Å². The third-order valence-corrected chi connectivity index (χ3v) is 2.11. The first kappa shape index (κ1) is 10.2. The van der Waals surface area contributed by atoms with Gasteiger partial charge in [-0.1, -0.05) is 15.9 Å². The fraction of sp³-hybridized carbons (Fsp3) is 0.222. The number of benzene rings is 1. The minimum atomic E-state index is -0.917. The standard InChI is InChI=1S/C9H8BrFO2/c10-7-2-3-8(11)6(5-7)1-4-9(12)13/h2-3,5H,1,4H2,(H,12,13). The molecule has 0 bridgehead atoms. The van der Waals surface area contributed by atoms with E-state index in [1.165, 1.54) is 6.07 Å². The van der Waals surface area contributed by atoms with Crippen LogP contribution < -0.4 is 0 Å². The summed E-state index contributed by atoms with van der Waals surface area (Å²) < 4.78 is 13.8. The number of carboxylic acid groups (broad SMARTS) is 1. The lowest BCUT2D eigenvalue weighted by Crippen LogP contribution is -1.99. The molecule has 0 unspecified atom stereocenters. The van der Waals surface area contributed by atoms with E-state index in [2.05, 4.69) is 15.9 Å². The lowest BCUT2D eigenvalue weighted by Gasteiger charge is -2.01. The van der Waals surface area contributed by atoms with Crippen molar-refractivity contribution >= 4 is 21.9 Å². The number of halogens is 2.